The molecular formula is H4BCrCuNiSi. The quantitative estimate of drug-likeness (QED) is 0.418. The van der Waals surface area contributed by atoms with Crippen LogP contribution in [-0.4, -0.2) is 19.4 Å². The summed E-state index contributed by atoms with van der Waals surface area (Å²) in [5, 5.41) is 0. The van der Waals surface area contributed by atoms with Crippen molar-refractivity contribution in [2.75, 3.05) is 0 Å². The SMILES string of the molecule is [B].[Cr].[Cu].[Ni].[SiH4]. The van der Waals surface area contributed by atoms with Gasteiger partial charge in [-0.15, -0.1) is 0 Å². The van der Waals surface area contributed by atoms with Gasteiger partial charge in [0.2, 0.25) is 0 Å². The molecule has 0 unspecified atom stereocenters. The summed E-state index contributed by atoms with van der Waals surface area (Å²) < 4.78 is 0. The Bertz CT molecular complexity index is 11.6. The molecule has 0 N–H and O–H groups in total. The Morgan fingerprint density at radius 1 is 1.00 bits per heavy atom. The van der Waals surface area contributed by atoms with Gasteiger partial charge in [-0.25, -0.2) is 0 Å². The van der Waals surface area contributed by atoms with E-state index in [0.717, 1.165) is 0 Å². The molecule has 0 aliphatic carbocycles. The van der Waals surface area contributed by atoms with Crippen molar-refractivity contribution in [2.45, 2.75) is 0 Å². The zero-order chi connectivity index (χ0) is 0. The van der Waals surface area contributed by atoms with Gasteiger partial charge in [0.05, 0.1) is 0 Å². The van der Waals surface area contributed by atoms with Crippen molar-refractivity contribution in [2.24, 2.45) is 0 Å². The van der Waals surface area contributed by atoms with E-state index >= 15 is 0 Å². The summed E-state index contributed by atoms with van der Waals surface area (Å²) in [7, 11) is 0. The molecule has 4 radical (unpaired) electrons. The summed E-state index contributed by atoms with van der Waals surface area (Å²) in [6, 6.07) is 0. The van der Waals surface area contributed by atoms with Crippen molar-refractivity contribution in [1.29, 1.82) is 0 Å². The first kappa shape index (κ1) is 69.4. The maximum atomic E-state index is 0. The zero-order valence-electron chi connectivity index (χ0n) is 1.60. The molecule has 0 spiro atoms. The van der Waals surface area contributed by atoms with Crippen LogP contribution in [0.1, 0.15) is 0 Å². The Balaban J connectivity index is 0. The Labute approximate surface area is 70.0 Å². The standard InChI is InChI=1S/B.Cr.Cu.Ni.H4Si/h;;;;1H4. The van der Waals surface area contributed by atoms with Crippen LogP contribution in [0.2, 0.25) is 0 Å². The fourth-order valence-corrected chi connectivity index (χ4v) is 0. The van der Waals surface area contributed by atoms with E-state index in [9.17, 15) is 0 Å². The van der Waals surface area contributed by atoms with Crippen LogP contribution in [0.4, 0.5) is 0 Å². The van der Waals surface area contributed by atoms with Gasteiger partial charge in [-0.2, -0.15) is 0 Å². The first-order valence-electron chi connectivity index (χ1n) is 0. The fourth-order valence-electron chi connectivity index (χ4n) is 0. The third kappa shape index (κ3) is 25.6. The topological polar surface area (TPSA) is 0 Å². The largest absolute Gasteiger partial charge is 0.0149 e. The zero-order valence-corrected chi connectivity index (χ0v) is 4.81. The van der Waals surface area contributed by atoms with Gasteiger partial charge in [0.25, 0.3) is 0 Å². The van der Waals surface area contributed by atoms with Crippen molar-refractivity contribution < 1.29 is 50.9 Å². The third-order valence-electron chi connectivity index (χ3n) is 0. The first-order chi connectivity index (χ1) is 0. The Kier molecular flexibility index (Phi) is 565. The molecule has 0 aromatic rings. The van der Waals surface area contributed by atoms with E-state index in [1.165, 1.54) is 0 Å². The molecule has 0 aliphatic heterocycles. The molecule has 0 rings (SSSR count). The van der Waals surface area contributed by atoms with Crippen LogP contribution in [0.3, 0.4) is 0 Å². The number of rotatable bonds is 0. The van der Waals surface area contributed by atoms with Crippen LogP contribution in [0, 0.1) is 0 Å². The molecule has 0 nitrogen and oxygen atoms in total. The second-order valence-electron chi connectivity index (χ2n) is 0. The molecule has 0 atom stereocenters. The summed E-state index contributed by atoms with van der Waals surface area (Å²) in [6.45, 7) is 0. The van der Waals surface area contributed by atoms with Crippen molar-refractivity contribution in [1.82, 2.24) is 0 Å². The molecular weight excluding hydrogens is 213 g/mol. The summed E-state index contributed by atoms with van der Waals surface area (Å²) in [5.41, 5.74) is 0. The van der Waals surface area contributed by atoms with Crippen molar-refractivity contribution in [3.05, 3.63) is 0 Å². The van der Waals surface area contributed by atoms with Crippen molar-refractivity contribution >= 4 is 19.4 Å². The molecule has 0 saturated heterocycles. The Morgan fingerprint density at radius 2 is 1.00 bits per heavy atom. The molecule has 0 amide bonds. The first-order valence-corrected chi connectivity index (χ1v) is 0. The maximum absolute atomic E-state index is 0. The fraction of sp³-hybridized carbons (Fsp3) is 0. The molecule has 38 valence electrons. The second-order valence-corrected chi connectivity index (χ2v) is 0. The average Bonchev–Trinajstić information content (AvgIpc) is 0. The van der Waals surface area contributed by atoms with Gasteiger partial charge in [-0.3, -0.25) is 0 Å². The van der Waals surface area contributed by atoms with Gasteiger partial charge in [0, 0.05) is 59.3 Å². The number of hydrogen-bond acceptors (Lipinski definition) is 0. The van der Waals surface area contributed by atoms with E-state index in [0.29, 0.717) is 0 Å². The van der Waals surface area contributed by atoms with Gasteiger partial charge in [0.15, 0.2) is 0 Å². The summed E-state index contributed by atoms with van der Waals surface area (Å²) in [6.07, 6.45) is 0. The smallest absolute Gasteiger partial charge is 0 e. The minimum Gasteiger partial charge on any atom is -0.0149 e. The predicted octanol–water partition coefficient (Wildman–Crippen LogP) is -1.84. The van der Waals surface area contributed by atoms with Crippen LogP contribution in [0.5, 0.6) is 0 Å². The van der Waals surface area contributed by atoms with Crippen LogP contribution in [-0.2, 0) is 50.9 Å². The van der Waals surface area contributed by atoms with Crippen molar-refractivity contribution in [3.8, 4) is 0 Å². The van der Waals surface area contributed by atoms with Gasteiger partial charge < -0.3 is 0 Å². The van der Waals surface area contributed by atoms with Crippen LogP contribution in [0.15, 0.2) is 0 Å². The Hall–Kier alpha value is 1.83. The molecule has 0 fully saturated rings. The average molecular weight is 217 g/mol. The van der Waals surface area contributed by atoms with Gasteiger partial charge in [-0.1, -0.05) is 0 Å². The summed E-state index contributed by atoms with van der Waals surface area (Å²) in [5.74, 6) is 0. The molecule has 0 aromatic heterocycles. The monoisotopic (exact) mass is 216 g/mol. The predicted molar refractivity (Wildman–Crippen MR) is 17.1 cm³/mol. The van der Waals surface area contributed by atoms with Crippen LogP contribution < -0.4 is 0 Å². The second kappa shape index (κ2) is 40.7. The van der Waals surface area contributed by atoms with E-state index in [4.69, 9.17) is 0 Å². The maximum Gasteiger partial charge on any atom is 0 e. The summed E-state index contributed by atoms with van der Waals surface area (Å²) in [4.78, 5) is 0. The van der Waals surface area contributed by atoms with Gasteiger partial charge in [0.1, 0.15) is 0 Å². The molecule has 5 heavy (non-hydrogen) atoms. The van der Waals surface area contributed by atoms with E-state index < -0.39 is 0 Å². The van der Waals surface area contributed by atoms with Crippen molar-refractivity contribution in [3.63, 3.8) is 0 Å². The molecule has 0 aliphatic rings. The van der Waals surface area contributed by atoms with Gasteiger partial charge in [-0.05, 0) is 11.0 Å². The van der Waals surface area contributed by atoms with E-state index in [1.807, 2.05) is 0 Å². The molecule has 5 heteroatoms. The van der Waals surface area contributed by atoms with E-state index in [2.05, 4.69) is 0 Å². The summed E-state index contributed by atoms with van der Waals surface area (Å²) >= 11 is 0. The Morgan fingerprint density at radius 3 is 1.00 bits per heavy atom. The van der Waals surface area contributed by atoms with Gasteiger partial charge >= 0.3 is 0 Å². The minimum absolute atomic E-state index is 0. The van der Waals surface area contributed by atoms with E-state index in [-0.39, 0.29) is 70.3 Å². The third-order valence-corrected chi connectivity index (χ3v) is 0. The van der Waals surface area contributed by atoms with Crippen LogP contribution >= 0.6 is 0 Å². The normalized spacial score (nSPS) is 0. The van der Waals surface area contributed by atoms with E-state index in [1.54, 1.807) is 0 Å². The number of hydrogen-bond donors (Lipinski definition) is 0. The molecule has 0 heterocycles. The minimum atomic E-state index is 0. The molecule has 0 bridgehead atoms. The van der Waals surface area contributed by atoms with Crippen LogP contribution in [0.25, 0.3) is 0 Å². The molecule has 0 aromatic carbocycles. The molecule has 0 saturated carbocycles.